The molecule has 0 bridgehead atoms. The summed E-state index contributed by atoms with van der Waals surface area (Å²) in [7, 11) is 0. The van der Waals surface area contributed by atoms with Gasteiger partial charge in [-0.1, -0.05) is 23.7 Å². The first kappa shape index (κ1) is 15.1. The first-order valence-corrected chi connectivity index (χ1v) is 8.40. The lowest BCUT2D eigenvalue weighted by Crippen LogP contribution is -2.29. The number of rotatable bonds is 3. The summed E-state index contributed by atoms with van der Waals surface area (Å²) in [6.07, 6.45) is 7.07. The fourth-order valence-electron chi connectivity index (χ4n) is 3.29. The largest absolute Gasteiger partial charge is 0.338 e. The van der Waals surface area contributed by atoms with Crippen LogP contribution in [0.2, 0.25) is 5.02 Å². The summed E-state index contributed by atoms with van der Waals surface area (Å²) < 4.78 is 1.63. The van der Waals surface area contributed by atoms with Gasteiger partial charge in [0.05, 0.1) is 6.20 Å². The van der Waals surface area contributed by atoms with Crippen LogP contribution in [0.5, 0.6) is 0 Å². The molecule has 122 valence electrons. The number of hydrogen-bond acceptors (Lipinski definition) is 3. The highest BCUT2D eigenvalue weighted by molar-refractivity contribution is 6.30. The predicted octanol–water partition coefficient (Wildman–Crippen LogP) is 3.09. The standard InChI is InChI=1S/C18H17ClN4O/c19-15-4-2-13(3-5-15)10-14-6-9-22(12-14)18(24)16-11-21-23-8-1-7-20-17(16)23/h1-5,7-8,11,14H,6,9-10,12H2. The van der Waals surface area contributed by atoms with Crippen LogP contribution in [0.4, 0.5) is 0 Å². The number of benzene rings is 1. The molecular weight excluding hydrogens is 324 g/mol. The summed E-state index contributed by atoms with van der Waals surface area (Å²) in [6.45, 7) is 1.55. The highest BCUT2D eigenvalue weighted by atomic mass is 35.5. The molecule has 4 rings (SSSR count). The maximum atomic E-state index is 12.8. The first-order valence-electron chi connectivity index (χ1n) is 8.03. The van der Waals surface area contributed by atoms with Crippen molar-refractivity contribution in [2.75, 3.05) is 13.1 Å². The van der Waals surface area contributed by atoms with Gasteiger partial charge in [0.15, 0.2) is 5.65 Å². The van der Waals surface area contributed by atoms with Crippen LogP contribution in [0.1, 0.15) is 22.3 Å². The van der Waals surface area contributed by atoms with Gasteiger partial charge in [-0.25, -0.2) is 9.50 Å². The van der Waals surface area contributed by atoms with Gasteiger partial charge < -0.3 is 4.90 Å². The lowest BCUT2D eigenvalue weighted by atomic mass is 9.99. The molecule has 3 aromatic rings. The van der Waals surface area contributed by atoms with Crippen molar-refractivity contribution in [2.24, 2.45) is 5.92 Å². The Morgan fingerprint density at radius 3 is 2.96 bits per heavy atom. The zero-order valence-electron chi connectivity index (χ0n) is 13.1. The number of halogens is 1. The van der Waals surface area contributed by atoms with Crippen LogP contribution in [-0.4, -0.2) is 38.5 Å². The SMILES string of the molecule is O=C(c1cnn2cccnc12)N1CCC(Cc2ccc(Cl)cc2)C1. The zero-order valence-corrected chi connectivity index (χ0v) is 13.9. The van der Waals surface area contributed by atoms with Crippen molar-refractivity contribution in [1.82, 2.24) is 19.5 Å². The summed E-state index contributed by atoms with van der Waals surface area (Å²) in [5.74, 6) is 0.493. The van der Waals surface area contributed by atoms with E-state index in [4.69, 9.17) is 11.6 Å². The van der Waals surface area contributed by atoms with E-state index < -0.39 is 0 Å². The van der Waals surface area contributed by atoms with Gasteiger partial charge in [0.1, 0.15) is 5.56 Å². The third-order valence-electron chi connectivity index (χ3n) is 4.52. The fourth-order valence-corrected chi connectivity index (χ4v) is 3.41. The van der Waals surface area contributed by atoms with E-state index in [-0.39, 0.29) is 5.91 Å². The summed E-state index contributed by atoms with van der Waals surface area (Å²) in [5.41, 5.74) is 2.45. The number of aromatic nitrogens is 3. The van der Waals surface area contributed by atoms with E-state index in [1.807, 2.05) is 17.0 Å². The Kier molecular flexibility index (Phi) is 3.94. The molecular formula is C18H17ClN4O. The normalized spacial score (nSPS) is 17.5. The number of carbonyl (C=O) groups is 1. The number of fused-ring (bicyclic) bond motifs is 1. The molecule has 5 nitrogen and oxygen atoms in total. The van der Waals surface area contributed by atoms with Crippen molar-refractivity contribution in [3.63, 3.8) is 0 Å². The van der Waals surface area contributed by atoms with Crippen LogP contribution < -0.4 is 0 Å². The second-order valence-corrected chi connectivity index (χ2v) is 6.62. The summed E-state index contributed by atoms with van der Waals surface area (Å²) >= 11 is 5.93. The molecule has 0 N–H and O–H groups in total. The summed E-state index contributed by atoms with van der Waals surface area (Å²) in [5, 5.41) is 4.95. The topological polar surface area (TPSA) is 50.5 Å². The van der Waals surface area contributed by atoms with Crippen molar-refractivity contribution in [3.8, 4) is 0 Å². The molecule has 2 aromatic heterocycles. The third-order valence-corrected chi connectivity index (χ3v) is 4.77. The lowest BCUT2D eigenvalue weighted by molar-refractivity contribution is 0.0789. The molecule has 0 saturated carbocycles. The van der Waals surface area contributed by atoms with Gasteiger partial charge in [0, 0.05) is 30.5 Å². The van der Waals surface area contributed by atoms with E-state index in [2.05, 4.69) is 22.2 Å². The second kappa shape index (κ2) is 6.24. The predicted molar refractivity (Wildman–Crippen MR) is 92.2 cm³/mol. The monoisotopic (exact) mass is 340 g/mol. The Bertz CT molecular complexity index is 874. The number of amides is 1. The van der Waals surface area contributed by atoms with Gasteiger partial charge in [-0.05, 0) is 42.5 Å². The lowest BCUT2D eigenvalue weighted by Gasteiger charge is -2.16. The van der Waals surface area contributed by atoms with Crippen LogP contribution in [0.3, 0.4) is 0 Å². The number of likely N-dealkylation sites (tertiary alicyclic amines) is 1. The zero-order chi connectivity index (χ0) is 16.5. The van der Waals surface area contributed by atoms with E-state index in [9.17, 15) is 4.79 Å². The van der Waals surface area contributed by atoms with E-state index in [1.165, 1.54) is 5.56 Å². The Balaban J connectivity index is 1.46. The van der Waals surface area contributed by atoms with E-state index in [0.29, 0.717) is 17.1 Å². The van der Waals surface area contributed by atoms with Gasteiger partial charge in [0.25, 0.3) is 5.91 Å². The Morgan fingerprint density at radius 2 is 2.12 bits per heavy atom. The second-order valence-electron chi connectivity index (χ2n) is 6.18. The Hall–Kier alpha value is -2.40. The van der Waals surface area contributed by atoms with E-state index in [0.717, 1.165) is 31.0 Å². The van der Waals surface area contributed by atoms with Gasteiger partial charge in [-0.3, -0.25) is 4.79 Å². The number of carbonyl (C=O) groups excluding carboxylic acids is 1. The number of hydrogen-bond donors (Lipinski definition) is 0. The first-order chi connectivity index (χ1) is 11.7. The average Bonchev–Trinajstić information content (AvgIpc) is 3.23. The van der Waals surface area contributed by atoms with Crippen LogP contribution in [-0.2, 0) is 6.42 Å². The molecule has 1 unspecified atom stereocenters. The molecule has 1 saturated heterocycles. The molecule has 1 aromatic carbocycles. The van der Waals surface area contributed by atoms with Gasteiger partial charge in [-0.15, -0.1) is 0 Å². The van der Waals surface area contributed by atoms with Crippen LogP contribution in [0.25, 0.3) is 5.65 Å². The van der Waals surface area contributed by atoms with Crippen LogP contribution >= 0.6 is 11.6 Å². The highest BCUT2D eigenvalue weighted by Gasteiger charge is 2.28. The van der Waals surface area contributed by atoms with Crippen LogP contribution in [0, 0.1) is 5.92 Å². The third kappa shape index (κ3) is 2.87. The van der Waals surface area contributed by atoms with Crippen molar-refractivity contribution in [2.45, 2.75) is 12.8 Å². The molecule has 1 atom stereocenters. The molecule has 6 heteroatoms. The van der Waals surface area contributed by atoms with Gasteiger partial charge >= 0.3 is 0 Å². The molecule has 1 amide bonds. The number of nitrogens with zero attached hydrogens (tertiary/aromatic N) is 4. The molecule has 24 heavy (non-hydrogen) atoms. The van der Waals surface area contributed by atoms with Crippen LogP contribution in [0.15, 0.2) is 48.9 Å². The van der Waals surface area contributed by atoms with E-state index in [1.54, 1.807) is 29.2 Å². The molecule has 1 aliphatic rings. The minimum absolute atomic E-state index is 0.0160. The van der Waals surface area contributed by atoms with Gasteiger partial charge in [0.2, 0.25) is 0 Å². The maximum absolute atomic E-state index is 12.8. The van der Waals surface area contributed by atoms with Crippen molar-refractivity contribution in [1.29, 1.82) is 0 Å². The fraction of sp³-hybridized carbons (Fsp3) is 0.278. The maximum Gasteiger partial charge on any atom is 0.259 e. The quantitative estimate of drug-likeness (QED) is 0.736. The average molecular weight is 341 g/mol. The van der Waals surface area contributed by atoms with E-state index >= 15 is 0 Å². The van der Waals surface area contributed by atoms with Gasteiger partial charge in [-0.2, -0.15) is 5.10 Å². The molecule has 3 heterocycles. The summed E-state index contributed by atoms with van der Waals surface area (Å²) in [4.78, 5) is 19.0. The Labute approximate surface area is 144 Å². The molecule has 1 fully saturated rings. The smallest absolute Gasteiger partial charge is 0.259 e. The van der Waals surface area contributed by atoms with Crippen molar-refractivity contribution >= 4 is 23.2 Å². The molecule has 0 radical (unpaired) electrons. The minimum atomic E-state index is 0.0160. The van der Waals surface area contributed by atoms with Crippen molar-refractivity contribution < 1.29 is 4.79 Å². The minimum Gasteiger partial charge on any atom is -0.338 e. The van der Waals surface area contributed by atoms with Crippen molar-refractivity contribution in [3.05, 3.63) is 65.1 Å². The molecule has 0 spiro atoms. The molecule has 1 aliphatic heterocycles. The summed E-state index contributed by atoms with van der Waals surface area (Å²) in [6, 6.07) is 9.75. The molecule has 0 aliphatic carbocycles. The Morgan fingerprint density at radius 1 is 1.29 bits per heavy atom. The highest BCUT2D eigenvalue weighted by Crippen LogP contribution is 2.24.